The van der Waals surface area contributed by atoms with Gasteiger partial charge in [0.25, 0.3) is 0 Å². The van der Waals surface area contributed by atoms with E-state index in [1.807, 2.05) is 234 Å². The van der Waals surface area contributed by atoms with Gasteiger partial charge >= 0.3 is 12.3 Å². The van der Waals surface area contributed by atoms with Crippen LogP contribution in [-0.2, 0) is 53.5 Å². The third-order valence-corrected chi connectivity index (χ3v) is 17.6. The Labute approximate surface area is 638 Å². The monoisotopic (exact) mass is 1480 g/mol. The largest absolute Gasteiger partial charge is 0.573 e. The molecule has 1 aliphatic rings. The van der Waals surface area contributed by atoms with Gasteiger partial charge in [-0.3, -0.25) is 9.59 Å². The fraction of sp³-hybridized carbons (Fsp3) is 0.228. The molecule has 17 heteroatoms. The summed E-state index contributed by atoms with van der Waals surface area (Å²) < 4.78 is 75.8. The van der Waals surface area contributed by atoms with Crippen LogP contribution in [0, 0.1) is 48.5 Å². The van der Waals surface area contributed by atoms with Crippen molar-refractivity contribution in [1.82, 2.24) is 16.0 Å². The zero-order chi connectivity index (χ0) is 78.1. The predicted octanol–water partition coefficient (Wildman–Crippen LogP) is 19.3. The summed E-state index contributed by atoms with van der Waals surface area (Å²) in [5.74, 6) is 2.79. The lowest BCUT2D eigenvalue weighted by molar-refractivity contribution is -0.274. The quantitative estimate of drug-likeness (QED) is 0.0360. The molecule has 11 rings (SSSR count). The highest BCUT2D eigenvalue weighted by Gasteiger charge is 2.31. The van der Waals surface area contributed by atoms with Crippen molar-refractivity contribution < 1.29 is 65.8 Å². The van der Waals surface area contributed by atoms with E-state index in [2.05, 4.69) is 46.7 Å². The summed E-state index contributed by atoms with van der Waals surface area (Å²) in [5.41, 5.74) is 19.3. The molecule has 566 valence electrons. The standard InChI is InChI=1S/C27H26F3NO3.2C27H29NO3.C11H12O2/c1-18-14-22(34-27(28,29)30)10-8-20(18)9-11-24-23-16-25(32-2)26(15-21(23)12-13-31-24)33-17-19-6-4-3-5-7-19;2*1-20-9-11-24(21(2)17-20)12-14-27(29)28-16-15-22-10-13-25(30-3)26(18-22)31-19-23-7-5-4-6-8-23;1-8-3-4-10(9(2)7-8)5-6-11(12)13/h3-11,14-16,24,31H,12-13,17H2,1-2H3;2*4-14,17-18H,15-16,19H2,1-3H3,(H,28,29);3-7H,1-2H3,(H,12,13)/b11-9+;2*14-12+;6-5+. The zero-order valence-corrected chi connectivity index (χ0v) is 63.4. The molecule has 0 fully saturated rings. The molecule has 1 heterocycles. The summed E-state index contributed by atoms with van der Waals surface area (Å²) in [6.07, 6.45) is 11.1. The molecule has 0 aliphatic carbocycles. The van der Waals surface area contributed by atoms with Gasteiger partial charge in [0.1, 0.15) is 25.6 Å². The van der Waals surface area contributed by atoms with E-state index in [4.69, 9.17) is 33.5 Å². The lowest BCUT2D eigenvalue weighted by Crippen LogP contribution is -2.28. The topological polar surface area (TPSA) is 172 Å². The number of hydrogen-bond donors (Lipinski definition) is 4. The van der Waals surface area contributed by atoms with E-state index in [0.29, 0.717) is 85.8 Å². The smallest absolute Gasteiger partial charge is 0.493 e. The highest BCUT2D eigenvalue weighted by Crippen LogP contribution is 2.38. The minimum Gasteiger partial charge on any atom is -0.493 e. The first-order valence-corrected chi connectivity index (χ1v) is 35.9. The Kier molecular flexibility index (Phi) is 32.1. The SMILES string of the molecule is COc1cc2c(cc1OCc1ccccc1)CCNC2/C=C/c1ccc(OC(F)(F)F)cc1C.COc1ccc(CCNC(=O)/C=C/c2ccc(C)cc2C)cc1OCc1ccccc1.COc1ccc(CCNC(=O)/C=C/c2ccc(C)cc2C)cc1OCc1ccccc1.Cc1ccc(/C=C/C(=O)O)c(C)c1. The van der Waals surface area contributed by atoms with Gasteiger partial charge in [0.05, 0.1) is 27.4 Å². The van der Waals surface area contributed by atoms with Crippen LogP contribution in [0.3, 0.4) is 0 Å². The highest BCUT2D eigenvalue weighted by molar-refractivity contribution is 5.92. The first-order chi connectivity index (χ1) is 52.5. The van der Waals surface area contributed by atoms with Gasteiger partial charge in [-0.25, -0.2) is 4.79 Å². The summed E-state index contributed by atoms with van der Waals surface area (Å²) in [5, 5.41) is 17.8. The van der Waals surface area contributed by atoms with Crippen LogP contribution >= 0.6 is 0 Å². The van der Waals surface area contributed by atoms with Crippen LogP contribution in [-0.4, -0.2) is 70.2 Å². The van der Waals surface area contributed by atoms with E-state index in [1.54, 1.807) is 52.5 Å². The number of amides is 2. The minimum atomic E-state index is -4.71. The van der Waals surface area contributed by atoms with Crippen LogP contribution in [0.2, 0.25) is 0 Å². The molecule has 0 radical (unpaired) electrons. The first kappa shape index (κ1) is 82.6. The maximum atomic E-state index is 12.5. The van der Waals surface area contributed by atoms with E-state index in [-0.39, 0.29) is 23.6 Å². The van der Waals surface area contributed by atoms with Crippen molar-refractivity contribution in [2.24, 2.45) is 0 Å². The highest BCUT2D eigenvalue weighted by atomic mass is 19.4. The molecule has 14 nitrogen and oxygen atoms in total. The van der Waals surface area contributed by atoms with Gasteiger partial charge in [-0.2, -0.15) is 0 Å². The molecule has 1 unspecified atom stereocenters. The molecule has 4 N–H and O–H groups in total. The molecule has 0 saturated carbocycles. The molecular weight excluding hydrogens is 1380 g/mol. The number of benzene rings is 10. The fourth-order valence-electron chi connectivity index (χ4n) is 11.8. The van der Waals surface area contributed by atoms with E-state index in [9.17, 15) is 27.6 Å². The van der Waals surface area contributed by atoms with Crippen LogP contribution in [0.5, 0.6) is 40.2 Å². The molecule has 2 amide bonds. The number of rotatable bonds is 27. The number of halogens is 3. The van der Waals surface area contributed by atoms with Gasteiger partial charge in [0.15, 0.2) is 34.5 Å². The van der Waals surface area contributed by atoms with Crippen LogP contribution in [0.15, 0.2) is 237 Å². The molecule has 0 bridgehead atoms. The van der Waals surface area contributed by atoms with Crippen LogP contribution in [0.25, 0.3) is 24.3 Å². The lowest BCUT2D eigenvalue weighted by Gasteiger charge is -2.26. The Morgan fingerprint density at radius 3 is 1.23 bits per heavy atom. The average Bonchev–Trinajstić information content (AvgIpc) is 0.786. The van der Waals surface area contributed by atoms with E-state index in [1.165, 1.54) is 34.4 Å². The molecule has 0 spiro atoms. The number of methoxy groups -OCH3 is 3. The van der Waals surface area contributed by atoms with Crippen molar-refractivity contribution in [3.05, 3.63) is 337 Å². The Morgan fingerprint density at radius 1 is 0.440 bits per heavy atom. The summed E-state index contributed by atoms with van der Waals surface area (Å²) in [6, 6.07) is 68.3. The number of fused-ring (bicyclic) bond motifs is 1. The molecule has 10 aromatic carbocycles. The summed E-state index contributed by atoms with van der Waals surface area (Å²) >= 11 is 0. The first-order valence-electron chi connectivity index (χ1n) is 35.9. The number of hydrogen-bond acceptors (Lipinski definition) is 11. The number of aryl methyl sites for hydroxylation is 7. The van der Waals surface area contributed by atoms with Crippen molar-refractivity contribution in [3.8, 4) is 40.2 Å². The second-order valence-electron chi connectivity index (χ2n) is 26.1. The summed E-state index contributed by atoms with van der Waals surface area (Å²) in [7, 11) is 4.88. The second-order valence-corrected chi connectivity index (χ2v) is 26.1. The maximum absolute atomic E-state index is 12.5. The number of carboxylic acids is 1. The average molecular weight is 1480 g/mol. The Morgan fingerprint density at radius 2 is 0.835 bits per heavy atom. The Balaban J connectivity index is 0.000000190. The van der Waals surface area contributed by atoms with Crippen molar-refractivity contribution in [2.75, 3.05) is 41.0 Å². The molecule has 10 aromatic rings. The Bertz CT molecular complexity index is 4580. The van der Waals surface area contributed by atoms with Crippen LogP contribution in [0.1, 0.15) is 106 Å². The Hall–Kier alpha value is -12.1. The van der Waals surface area contributed by atoms with Gasteiger partial charge in [0, 0.05) is 37.9 Å². The molecular formula is C92H96F3N3O11. The summed E-state index contributed by atoms with van der Waals surface area (Å²) in [4.78, 5) is 34.6. The van der Waals surface area contributed by atoms with Crippen LogP contribution < -0.4 is 49.1 Å². The van der Waals surface area contributed by atoms with Gasteiger partial charge < -0.3 is 54.2 Å². The number of ether oxygens (including phenoxy) is 7. The summed E-state index contributed by atoms with van der Waals surface area (Å²) in [6.45, 7) is 17.2. The fourth-order valence-corrected chi connectivity index (χ4v) is 11.8. The maximum Gasteiger partial charge on any atom is 0.573 e. The molecule has 109 heavy (non-hydrogen) atoms. The second kappa shape index (κ2) is 42.3. The third kappa shape index (κ3) is 28.0. The van der Waals surface area contributed by atoms with Gasteiger partial charge in [-0.05, 0) is 218 Å². The van der Waals surface area contributed by atoms with Gasteiger partial charge in [-0.1, -0.05) is 193 Å². The normalized spacial score (nSPS) is 12.3. The van der Waals surface area contributed by atoms with E-state index < -0.39 is 12.3 Å². The third-order valence-electron chi connectivity index (χ3n) is 17.6. The number of alkyl halides is 3. The van der Waals surface area contributed by atoms with Crippen LogP contribution in [0.4, 0.5) is 13.2 Å². The van der Waals surface area contributed by atoms with Crippen molar-refractivity contribution in [1.29, 1.82) is 0 Å². The number of aliphatic carboxylic acids is 1. The van der Waals surface area contributed by atoms with E-state index >= 15 is 0 Å². The van der Waals surface area contributed by atoms with Crippen molar-refractivity contribution >= 4 is 42.1 Å². The minimum absolute atomic E-state index is 0.0636. The van der Waals surface area contributed by atoms with E-state index in [0.717, 1.165) is 91.4 Å². The molecule has 0 saturated heterocycles. The number of carbonyl (C=O) groups is 3. The predicted molar refractivity (Wildman–Crippen MR) is 429 cm³/mol. The van der Waals surface area contributed by atoms with Gasteiger partial charge in [0.2, 0.25) is 11.8 Å². The van der Waals surface area contributed by atoms with Gasteiger partial charge in [-0.15, -0.1) is 13.2 Å². The van der Waals surface area contributed by atoms with Crippen molar-refractivity contribution in [3.63, 3.8) is 0 Å². The molecule has 0 aromatic heterocycles. The molecule has 1 aliphatic heterocycles. The molecule has 1 atom stereocenters. The number of carbonyl (C=O) groups excluding carboxylic acids is 2. The number of carboxylic acid groups (broad SMARTS) is 1. The lowest BCUT2D eigenvalue weighted by atomic mass is 9.92. The zero-order valence-electron chi connectivity index (χ0n) is 63.4. The number of nitrogens with one attached hydrogen (secondary N) is 3. The van der Waals surface area contributed by atoms with Crippen molar-refractivity contribution in [2.45, 2.75) is 100.0 Å².